The largest absolute Gasteiger partial charge is 0.452 e. The van der Waals surface area contributed by atoms with Gasteiger partial charge >= 0.3 is 5.97 Å². The Morgan fingerprint density at radius 3 is 2.51 bits per heavy atom. The third-order valence-corrected chi connectivity index (χ3v) is 8.60. The van der Waals surface area contributed by atoms with E-state index in [2.05, 4.69) is 10.3 Å². The quantitative estimate of drug-likeness (QED) is 0.357. The summed E-state index contributed by atoms with van der Waals surface area (Å²) >= 11 is 1.51. The lowest BCUT2D eigenvalue weighted by molar-refractivity contribution is -0.119. The van der Waals surface area contributed by atoms with Crippen molar-refractivity contribution < 1.29 is 27.5 Å². The number of nitrogens with zero attached hydrogens (tertiary/aromatic N) is 2. The number of morpholine rings is 1. The molecule has 2 aromatic carbocycles. The van der Waals surface area contributed by atoms with Crippen LogP contribution in [0.4, 0.5) is 5.69 Å². The summed E-state index contributed by atoms with van der Waals surface area (Å²) in [5, 5.41) is 5.18. The Labute approximate surface area is 217 Å². The minimum Gasteiger partial charge on any atom is -0.452 e. The van der Waals surface area contributed by atoms with E-state index in [-0.39, 0.29) is 4.90 Å². The highest BCUT2D eigenvalue weighted by Gasteiger charge is 2.26. The number of fused-ring (bicyclic) bond motifs is 1. The van der Waals surface area contributed by atoms with Crippen LogP contribution >= 0.6 is 11.3 Å². The Morgan fingerprint density at radius 1 is 1.03 bits per heavy atom. The summed E-state index contributed by atoms with van der Waals surface area (Å²) in [5.41, 5.74) is 2.00. The molecular weight excluding hydrogens is 514 g/mol. The molecule has 11 heteroatoms. The molecule has 1 aliphatic heterocycles. The lowest BCUT2D eigenvalue weighted by atomic mass is 10.1. The number of amides is 1. The summed E-state index contributed by atoms with van der Waals surface area (Å²) < 4.78 is 37.4. The fraction of sp³-hybridized carbons (Fsp3) is 0.192. The Bertz CT molecular complexity index is 1530. The van der Waals surface area contributed by atoms with Gasteiger partial charge in [-0.15, -0.1) is 11.3 Å². The molecule has 3 heterocycles. The maximum Gasteiger partial charge on any atom is 0.339 e. The van der Waals surface area contributed by atoms with E-state index < -0.39 is 28.5 Å². The van der Waals surface area contributed by atoms with Gasteiger partial charge in [0.25, 0.3) is 5.91 Å². The number of sulfonamides is 1. The predicted octanol–water partition coefficient (Wildman–Crippen LogP) is 3.78. The van der Waals surface area contributed by atoms with E-state index >= 15 is 0 Å². The van der Waals surface area contributed by atoms with E-state index in [1.165, 1.54) is 39.9 Å². The van der Waals surface area contributed by atoms with Gasteiger partial charge in [0.15, 0.2) is 6.61 Å². The predicted molar refractivity (Wildman–Crippen MR) is 140 cm³/mol. The highest BCUT2D eigenvalue weighted by Crippen LogP contribution is 2.28. The lowest BCUT2D eigenvalue weighted by Crippen LogP contribution is -2.40. The van der Waals surface area contributed by atoms with Crippen molar-refractivity contribution in [2.75, 3.05) is 38.2 Å². The molecule has 0 atom stereocenters. The smallest absolute Gasteiger partial charge is 0.339 e. The topological polar surface area (TPSA) is 115 Å². The standard InChI is InChI=1S/C26H23N3O6S2/c30-25(27-18-7-9-19(10-8-18)37(32,33)29-11-13-34-14-12-29)17-35-26(31)21-16-23(24-6-3-15-36-24)28-22-5-2-1-4-20(21)22/h1-10,15-16H,11-14,17H2,(H,27,30). The van der Waals surface area contributed by atoms with Crippen molar-refractivity contribution in [3.63, 3.8) is 0 Å². The Morgan fingerprint density at radius 2 is 1.78 bits per heavy atom. The molecule has 4 aromatic rings. The highest BCUT2D eigenvalue weighted by atomic mass is 32.2. The summed E-state index contributed by atoms with van der Waals surface area (Å²) in [7, 11) is -3.63. The summed E-state index contributed by atoms with van der Waals surface area (Å²) in [5.74, 6) is -1.19. The second-order valence-corrected chi connectivity index (χ2v) is 11.1. The van der Waals surface area contributed by atoms with Crippen molar-refractivity contribution in [1.82, 2.24) is 9.29 Å². The van der Waals surface area contributed by atoms with Crippen molar-refractivity contribution in [3.05, 3.63) is 77.7 Å². The zero-order chi connectivity index (χ0) is 25.8. The average Bonchev–Trinajstić information content (AvgIpc) is 3.47. The second-order valence-electron chi connectivity index (χ2n) is 8.21. The number of carbonyl (C=O) groups excluding carboxylic acids is 2. The molecule has 0 radical (unpaired) electrons. The number of esters is 1. The van der Waals surface area contributed by atoms with Crippen LogP contribution in [0, 0.1) is 0 Å². The molecule has 0 aliphatic carbocycles. The highest BCUT2D eigenvalue weighted by molar-refractivity contribution is 7.89. The van der Waals surface area contributed by atoms with Crippen LogP contribution < -0.4 is 5.32 Å². The van der Waals surface area contributed by atoms with Gasteiger partial charge in [0.2, 0.25) is 10.0 Å². The molecule has 5 rings (SSSR count). The number of thiophene rings is 1. The molecule has 1 N–H and O–H groups in total. The molecular formula is C26H23N3O6S2. The fourth-order valence-corrected chi connectivity index (χ4v) is 6.04. The maximum absolute atomic E-state index is 12.9. The first kappa shape index (κ1) is 25.0. The first-order chi connectivity index (χ1) is 17.9. The number of carbonyl (C=O) groups is 2. The monoisotopic (exact) mass is 537 g/mol. The third kappa shape index (κ3) is 5.54. The first-order valence-electron chi connectivity index (χ1n) is 11.5. The summed E-state index contributed by atoms with van der Waals surface area (Å²) in [6.45, 7) is 0.812. The summed E-state index contributed by atoms with van der Waals surface area (Å²) in [6.07, 6.45) is 0. The van der Waals surface area contributed by atoms with Gasteiger partial charge < -0.3 is 14.8 Å². The Balaban J connectivity index is 1.24. The molecule has 37 heavy (non-hydrogen) atoms. The Hall–Kier alpha value is -3.64. The van der Waals surface area contributed by atoms with Crippen LogP contribution in [0.5, 0.6) is 0 Å². The molecule has 1 saturated heterocycles. The van der Waals surface area contributed by atoms with Crippen LogP contribution in [0.3, 0.4) is 0 Å². The van der Waals surface area contributed by atoms with Crippen molar-refractivity contribution in [2.45, 2.75) is 4.90 Å². The maximum atomic E-state index is 12.9. The van der Waals surface area contributed by atoms with Crippen LogP contribution in [0.2, 0.25) is 0 Å². The van der Waals surface area contributed by atoms with Gasteiger partial charge in [-0.25, -0.2) is 18.2 Å². The molecule has 1 amide bonds. The van der Waals surface area contributed by atoms with Crippen LogP contribution in [0.15, 0.2) is 77.0 Å². The van der Waals surface area contributed by atoms with Crippen molar-refractivity contribution in [2.24, 2.45) is 0 Å². The molecule has 1 fully saturated rings. The molecule has 9 nitrogen and oxygen atoms in total. The molecule has 0 bridgehead atoms. The minimum absolute atomic E-state index is 0.130. The zero-order valence-corrected chi connectivity index (χ0v) is 21.3. The molecule has 0 unspecified atom stereocenters. The van der Waals surface area contributed by atoms with Gasteiger partial charge in [0, 0.05) is 24.2 Å². The SMILES string of the molecule is O=C(COC(=O)c1cc(-c2cccs2)nc2ccccc12)Nc1ccc(S(=O)(=O)N2CCOCC2)cc1. The van der Waals surface area contributed by atoms with Gasteiger partial charge in [-0.1, -0.05) is 24.3 Å². The average molecular weight is 538 g/mol. The lowest BCUT2D eigenvalue weighted by Gasteiger charge is -2.26. The van der Waals surface area contributed by atoms with E-state index in [9.17, 15) is 18.0 Å². The van der Waals surface area contributed by atoms with E-state index in [0.29, 0.717) is 54.2 Å². The number of aromatic nitrogens is 1. The number of pyridine rings is 1. The number of hydrogen-bond donors (Lipinski definition) is 1. The first-order valence-corrected chi connectivity index (χ1v) is 13.8. The van der Waals surface area contributed by atoms with Crippen LogP contribution in [-0.2, 0) is 24.3 Å². The molecule has 190 valence electrons. The van der Waals surface area contributed by atoms with Crippen LogP contribution in [0.25, 0.3) is 21.5 Å². The number of rotatable bonds is 7. The number of para-hydroxylation sites is 1. The summed E-state index contributed by atoms with van der Waals surface area (Å²) in [6, 6.07) is 18.6. The molecule has 0 saturated carbocycles. The summed E-state index contributed by atoms with van der Waals surface area (Å²) in [4.78, 5) is 31.1. The van der Waals surface area contributed by atoms with Gasteiger partial charge in [-0.05, 0) is 47.8 Å². The molecule has 2 aromatic heterocycles. The van der Waals surface area contributed by atoms with E-state index in [0.717, 1.165) is 4.88 Å². The number of benzene rings is 2. The van der Waals surface area contributed by atoms with E-state index in [4.69, 9.17) is 9.47 Å². The number of nitrogens with one attached hydrogen (secondary N) is 1. The van der Waals surface area contributed by atoms with Gasteiger partial charge in [-0.2, -0.15) is 4.31 Å². The number of anilines is 1. The molecule has 0 spiro atoms. The minimum atomic E-state index is -3.63. The van der Waals surface area contributed by atoms with Crippen LogP contribution in [-0.4, -0.2) is 62.5 Å². The van der Waals surface area contributed by atoms with Crippen molar-refractivity contribution in [1.29, 1.82) is 0 Å². The van der Waals surface area contributed by atoms with Crippen molar-refractivity contribution >= 4 is 49.8 Å². The van der Waals surface area contributed by atoms with Gasteiger partial charge in [-0.3, -0.25) is 4.79 Å². The van der Waals surface area contributed by atoms with Gasteiger partial charge in [0.05, 0.1) is 39.8 Å². The fourth-order valence-electron chi connectivity index (χ4n) is 3.95. The zero-order valence-electron chi connectivity index (χ0n) is 19.6. The normalized spacial score (nSPS) is 14.4. The van der Waals surface area contributed by atoms with E-state index in [1.807, 2.05) is 29.6 Å². The van der Waals surface area contributed by atoms with E-state index in [1.54, 1.807) is 18.2 Å². The Kier molecular flexibility index (Phi) is 7.28. The third-order valence-electron chi connectivity index (χ3n) is 5.79. The van der Waals surface area contributed by atoms with Crippen LogP contribution in [0.1, 0.15) is 10.4 Å². The number of ether oxygens (including phenoxy) is 2. The van der Waals surface area contributed by atoms with Crippen molar-refractivity contribution in [3.8, 4) is 10.6 Å². The number of hydrogen-bond acceptors (Lipinski definition) is 8. The molecule has 1 aliphatic rings. The second kappa shape index (κ2) is 10.8. The van der Waals surface area contributed by atoms with Gasteiger partial charge in [0.1, 0.15) is 0 Å².